The fourth-order valence-corrected chi connectivity index (χ4v) is 4.95. The van der Waals surface area contributed by atoms with Crippen LogP contribution in [0.15, 0.2) is 39.9 Å². The molecule has 3 N–H and O–H groups in total. The molecule has 0 radical (unpaired) electrons. The number of halogens is 1. The van der Waals surface area contributed by atoms with Crippen LogP contribution in [0.25, 0.3) is 11.0 Å². The number of hydrogen-bond acceptors (Lipinski definition) is 7. The molecule has 1 saturated heterocycles. The number of nitrogens with zero attached hydrogens (tertiary/aromatic N) is 5. The van der Waals surface area contributed by atoms with Gasteiger partial charge in [0, 0.05) is 43.0 Å². The molecule has 2 fully saturated rings. The first-order valence-electron chi connectivity index (χ1n) is 10.9. The molecule has 0 spiro atoms. The van der Waals surface area contributed by atoms with Gasteiger partial charge in [-0.3, -0.25) is 14.2 Å². The largest absolute Gasteiger partial charge is 0.337 e. The number of aromatic nitrogens is 4. The smallest absolute Gasteiger partial charge is 0.266 e. The van der Waals surface area contributed by atoms with E-state index in [1.807, 2.05) is 0 Å². The number of nitrogens with one attached hydrogen (secondary N) is 1. The first kappa shape index (κ1) is 21.0. The number of likely N-dealkylation sites (tertiary alicyclic amines) is 1. The molecular formula is C22H24BrN7O2. The van der Waals surface area contributed by atoms with E-state index in [0.29, 0.717) is 40.5 Å². The van der Waals surface area contributed by atoms with Crippen LogP contribution in [0.2, 0.25) is 0 Å². The minimum absolute atomic E-state index is 0.0418. The summed E-state index contributed by atoms with van der Waals surface area (Å²) in [7, 11) is 0. The van der Waals surface area contributed by atoms with Crippen LogP contribution >= 0.6 is 15.9 Å². The number of carbonyl (C=O) groups excluding carboxylic acids is 1. The van der Waals surface area contributed by atoms with Gasteiger partial charge in [-0.1, -0.05) is 12.8 Å². The Morgan fingerprint density at radius 2 is 1.97 bits per heavy atom. The molecule has 5 rings (SSSR count). The third kappa shape index (κ3) is 4.00. The summed E-state index contributed by atoms with van der Waals surface area (Å²) >= 11 is 3.38. The summed E-state index contributed by atoms with van der Waals surface area (Å²) in [5, 5.41) is 3.88. The third-order valence-corrected chi connectivity index (χ3v) is 6.75. The minimum atomic E-state index is -0.0725. The monoisotopic (exact) mass is 497 g/mol. The van der Waals surface area contributed by atoms with Crippen LogP contribution in [0.3, 0.4) is 0 Å². The molecule has 10 heteroatoms. The van der Waals surface area contributed by atoms with Crippen molar-refractivity contribution in [1.29, 1.82) is 0 Å². The second kappa shape index (κ2) is 8.59. The summed E-state index contributed by atoms with van der Waals surface area (Å²) in [5.74, 6) is 0.805. The highest BCUT2D eigenvalue weighted by Gasteiger charge is 2.25. The molecule has 1 atom stereocenters. The minimum Gasteiger partial charge on any atom is -0.337 e. The lowest BCUT2D eigenvalue weighted by atomic mass is 10.2. The lowest BCUT2D eigenvalue weighted by molar-refractivity contribution is 0.0790. The van der Waals surface area contributed by atoms with E-state index in [1.54, 1.807) is 40.1 Å². The highest BCUT2D eigenvalue weighted by atomic mass is 79.9. The lowest BCUT2D eigenvalue weighted by Gasteiger charge is -2.17. The van der Waals surface area contributed by atoms with Gasteiger partial charge in [0.25, 0.3) is 11.5 Å². The van der Waals surface area contributed by atoms with Crippen molar-refractivity contribution in [3.8, 4) is 0 Å². The fourth-order valence-electron chi connectivity index (χ4n) is 4.51. The second-order valence-corrected chi connectivity index (χ2v) is 9.29. The molecule has 0 bridgehead atoms. The maximum absolute atomic E-state index is 12.8. The number of fused-ring (bicyclic) bond motifs is 1. The van der Waals surface area contributed by atoms with Crippen molar-refractivity contribution in [3.05, 3.63) is 51.0 Å². The molecule has 9 nitrogen and oxygen atoms in total. The number of hydrogen-bond donors (Lipinski definition) is 2. The van der Waals surface area contributed by atoms with E-state index >= 15 is 0 Å². The van der Waals surface area contributed by atoms with Gasteiger partial charge < -0.3 is 16.0 Å². The Kier molecular flexibility index (Phi) is 5.64. The molecule has 1 unspecified atom stereocenters. The van der Waals surface area contributed by atoms with Gasteiger partial charge in [0.2, 0.25) is 5.95 Å². The van der Waals surface area contributed by atoms with Crippen LogP contribution in [-0.4, -0.2) is 49.5 Å². The van der Waals surface area contributed by atoms with Gasteiger partial charge in [0.1, 0.15) is 11.5 Å². The third-order valence-electron chi connectivity index (χ3n) is 6.18. The summed E-state index contributed by atoms with van der Waals surface area (Å²) in [6.45, 7) is 1.24. The van der Waals surface area contributed by atoms with E-state index in [4.69, 9.17) is 5.73 Å². The van der Waals surface area contributed by atoms with Gasteiger partial charge in [0.05, 0.1) is 10.0 Å². The lowest BCUT2D eigenvalue weighted by Crippen LogP contribution is -2.31. The summed E-state index contributed by atoms with van der Waals surface area (Å²) in [4.78, 5) is 40.6. The zero-order valence-corrected chi connectivity index (χ0v) is 19.1. The van der Waals surface area contributed by atoms with Crippen molar-refractivity contribution in [2.75, 3.05) is 18.4 Å². The van der Waals surface area contributed by atoms with E-state index in [1.165, 1.54) is 0 Å². The summed E-state index contributed by atoms with van der Waals surface area (Å²) in [6, 6.07) is 5.40. The highest BCUT2D eigenvalue weighted by molar-refractivity contribution is 9.10. The molecule has 1 aliphatic carbocycles. The predicted molar refractivity (Wildman–Crippen MR) is 125 cm³/mol. The zero-order valence-electron chi connectivity index (χ0n) is 17.5. The molecule has 0 aromatic carbocycles. The number of amides is 1. The van der Waals surface area contributed by atoms with Crippen LogP contribution in [0.5, 0.6) is 0 Å². The maximum Gasteiger partial charge on any atom is 0.266 e. The van der Waals surface area contributed by atoms with Crippen LogP contribution < -0.4 is 16.6 Å². The normalized spacial score (nSPS) is 19.1. The van der Waals surface area contributed by atoms with Gasteiger partial charge in [-0.05, 0) is 53.4 Å². The molecule has 4 heterocycles. The van der Waals surface area contributed by atoms with Gasteiger partial charge in [-0.25, -0.2) is 9.97 Å². The van der Waals surface area contributed by atoms with Gasteiger partial charge in [-0.2, -0.15) is 4.98 Å². The van der Waals surface area contributed by atoms with E-state index in [0.717, 1.165) is 37.5 Å². The highest BCUT2D eigenvalue weighted by Crippen LogP contribution is 2.31. The van der Waals surface area contributed by atoms with Crippen LogP contribution in [-0.2, 0) is 0 Å². The molecule has 1 aliphatic heterocycles. The Morgan fingerprint density at radius 1 is 1.16 bits per heavy atom. The van der Waals surface area contributed by atoms with Gasteiger partial charge in [-0.15, -0.1) is 0 Å². The Morgan fingerprint density at radius 3 is 2.66 bits per heavy atom. The Balaban J connectivity index is 1.40. The number of carbonyl (C=O) groups is 1. The number of nitrogens with two attached hydrogens (primary N) is 1. The van der Waals surface area contributed by atoms with Crippen molar-refractivity contribution >= 4 is 44.6 Å². The second-order valence-electron chi connectivity index (χ2n) is 8.44. The Hall–Kier alpha value is -2.85. The van der Waals surface area contributed by atoms with Gasteiger partial charge in [0.15, 0.2) is 0 Å². The quantitative estimate of drug-likeness (QED) is 0.568. The van der Waals surface area contributed by atoms with Crippen molar-refractivity contribution in [3.63, 3.8) is 0 Å². The fraction of sp³-hybridized carbons (Fsp3) is 0.409. The molecule has 166 valence electrons. The summed E-state index contributed by atoms with van der Waals surface area (Å²) < 4.78 is 2.30. The number of rotatable bonds is 4. The molecule has 2 aliphatic rings. The predicted octanol–water partition coefficient (Wildman–Crippen LogP) is 2.98. The molecule has 3 aromatic rings. The van der Waals surface area contributed by atoms with Gasteiger partial charge >= 0.3 is 0 Å². The Bertz CT molecular complexity index is 1220. The first-order valence-corrected chi connectivity index (χ1v) is 11.6. The SMILES string of the molecule is NC1CCN(C(=O)c2ccc(Nc3ncc4cc(Br)c(=O)n(C5CCCC5)c4n3)nc2)C1. The zero-order chi connectivity index (χ0) is 22.2. The van der Waals surface area contributed by atoms with Crippen molar-refractivity contribution in [1.82, 2.24) is 24.4 Å². The molecule has 1 saturated carbocycles. The Labute approximate surface area is 193 Å². The van der Waals surface area contributed by atoms with E-state index in [-0.39, 0.29) is 23.6 Å². The van der Waals surface area contributed by atoms with Crippen molar-refractivity contribution < 1.29 is 4.79 Å². The van der Waals surface area contributed by atoms with Crippen LogP contribution in [0.4, 0.5) is 11.8 Å². The molecule has 1 amide bonds. The summed E-state index contributed by atoms with van der Waals surface area (Å²) in [6.07, 6.45) is 8.23. The van der Waals surface area contributed by atoms with E-state index in [2.05, 4.69) is 36.2 Å². The molecular weight excluding hydrogens is 474 g/mol. The van der Waals surface area contributed by atoms with Crippen molar-refractivity contribution in [2.45, 2.75) is 44.2 Å². The maximum atomic E-state index is 12.8. The summed E-state index contributed by atoms with van der Waals surface area (Å²) in [5.41, 5.74) is 6.96. The van der Waals surface area contributed by atoms with Crippen molar-refractivity contribution in [2.24, 2.45) is 5.73 Å². The molecule has 32 heavy (non-hydrogen) atoms. The van der Waals surface area contributed by atoms with Crippen LogP contribution in [0.1, 0.15) is 48.5 Å². The van der Waals surface area contributed by atoms with E-state index in [9.17, 15) is 9.59 Å². The average Bonchev–Trinajstić information content (AvgIpc) is 3.47. The van der Waals surface area contributed by atoms with E-state index < -0.39 is 0 Å². The number of anilines is 2. The standard InChI is InChI=1S/C22H24BrN7O2/c23-17-9-14-11-26-22(28-19(14)30(21(17)32)16-3-1-2-4-16)27-18-6-5-13(10-25-18)20(31)29-8-7-15(24)12-29/h5-6,9-11,15-16H,1-4,7-8,12,24H2,(H,25,26,27,28). The molecule has 3 aromatic heterocycles. The topological polar surface area (TPSA) is 119 Å². The van der Waals surface area contributed by atoms with Crippen LogP contribution in [0, 0.1) is 0 Å². The first-order chi connectivity index (χ1) is 15.5. The number of pyridine rings is 2. The average molecular weight is 498 g/mol.